The minimum Gasteiger partial charge on any atom is -0.374 e. The zero-order valence-electron chi connectivity index (χ0n) is 8.44. The summed E-state index contributed by atoms with van der Waals surface area (Å²) in [5.41, 5.74) is 5.51. The summed E-state index contributed by atoms with van der Waals surface area (Å²) in [6, 6.07) is -0.324. The molecule has 2 atom stereocenters. The van der Waals surface area contributed by atoms with Crippen LogP contribution in [0.15, 0.2) is 0 Å². The molecule has 2 amide bonds. The predicted octanol–water partition coefficient (Wildman–Crippen LogP) is -1.94. The maximum atomic E-state index is 11.4. The fraction of sp³-hybridized carbons (Fsp3) is 0.778. The van der Waals surface area contributed by atoms with E-state index < -0.39 is 0 Å². The number of morpholine rings is 1. The fourth-order valence-electron chi connectivity index (χ4n) is 2.00. The number of nitrogens with zero attached hydrogens (tertiary/aromatic N) is 1. The number of imide groups is 1. The first-order chi connectivity index (χ1) is 7.20. The Labute approximate surface area is 87.7 Å². The van der Waals surface area contributed by atoms with Crippen LogP contribution in [-0.4, -0.2) is 55.1 Å². The van der Waals surface area contributed by atoms with Crippen LogP contribution in [0.1, 0.15) is 6.42 Å². The van der Waals surface area contributed by atoms with Gasteiger partial charge in [0.25, 0.3) is 0 Å². The molecular weight excluding hydrogens is 198 g/mol. The molecule has 2 saturated heterocycles. The second-order valence-corrected chi connectivity index (χ2v) is 3.86. The van der Waals surface area contributed by atoms with E-state index in [0.29, 0.717) is 26.2 Å². The van der Waals surface area contributed by atoms with E-state index in [1.807, 2.05) is 4.90 Å². The topological polar surface area (TPSA) is 84.7 Å². The van der Waals surface area contributed by atoms with Gasteiger partial charge in [-0.15, -0.1) is 0 Å². The molecule has 0 aromatic carbocycles. The summed E-state index contributed by atoms with van der Waals surface area (Å²) in [6.45, 7) is 2.32. The number of carbonyl (C=O) groups excluding carboxylic acids is 2. The number of nitrogens with two attached hydrogens (primary N) is 1. The zero-order valence-corrected chi connectivity index (χ0v) is 8.44. The normalized spacial score (nSPS) is 33.1. The van der Waals surface area contributed by atoms with Crippen molar-refractivity contribution in [2.24, 2.45) is 5.73 Å². The second-order valence-electron chi connectivity index (χ2n) is 3.86. The third kappa shape index (κ3) is 2.17. The Kier molecular flexibility index (Phi) is 2.99. The lowest BCUT2D eigenvalue weighted by Crippen LogP contribution is -2.51. The number of amides is 2. The van der Waals surface area contributed by atoms with Gasteiger partial charge in [0.05, 0.1) is 25.2 Å². The molecule has 2 rings (SSSR count). The Morgan fingerprint density at radius 2 is 2.33 bits per heavy atom. The number of hydrogen-bond donors (Lipinski definition) is 2. The molecule has 3 N–H and O–H groups in total. The van der Waals surface area contributed by atoms with Gasteiger partial charge in [0, 0.05) is 19.6 Å². The van der Waals surface area contributed by atoms with E-state index in [0.717, 1.165) is 0 Å². The summed E-state index contributed by atoms with van der Waals surface area (Å²) in [6.07, 6.45) is 0.234. The van der Waals surface area contributed by atoms with Crippen molar-refractivity contribution >= 4 is 11.8 Å². The van der Waals surface area contributed by atoms with Crippen molar-refractivity contribution in [3.05, 3.63) is 0 Å². The van der Waals surface area contributed by atoms with Crippen molar-refractivity contribution < 1.29 is 14.3 Å². The third-order valence-corrected chi connectivity index (χ3v) is 2.82. The van der Waals surface area contributed by atoms with Gasteiger partial charge in [-0.1, -0.05) is 0 Å². The predicted molar refractivity (Wildman–Crippen MR) is 51.9 cm³/mol. The number of ether oxygens (including phenoxy) is 1. The van der Waals surface area contributed by atoms with E-state index in [1.54, 1.807) is 0 Å². The van der Waals surface area contributed by atoms with Crippen LogP contribution in [0.4, 0.5) is 0 Å². The molecule has 0 aromatic heterocycles. The van der Waals surface area contributed by atoms with E-state index in [2.05, 4.69) is 5.32 Å². The second kappa shape index (κ2) is 4.26. The lowest BCUT2D eigenvalue weighted by molar-refractivity contribution is -0.127. The lowest BCUT2D eigenvalue weighted by atomic mass is 10.1. The SMILES string of the molecule is NCC1CN(C2CC(=O)NC2=O)CCO1. The van der Waals surface area contributed by atoms with Crippen molar-refractivity contribution in [3.8, 4) is 0 Å². The van der Waals surface area contributed by atoms with Crippen LogP contribution in [0, 0.1) is 0 Å². The molecule has 0 radical (unpaired) electrons. The van der Waals surface area contributed by atoms with E-state index in [-0.39, 0.29) is 30.4 Å². The summed E-state index contributed by atoms with van der Waals surface area (Å²) in [5.74, 6) is -0.390. The Hall–Kier alpha value is -0.980. The maximum absolute atomic E-state index is 11.4. The van der Waals surface area contributed by atoms with Crippen LogP contribution < -0.4 is 11.1 Å². The number of nitrogens with one attached hydrogen (secondary N) is 1. The van der Waals surface area contributed by atoms with E-state index in [1.165, 1.54) is 0 Å². The zero-order chi connectivity index (χ0) is 10.8. The van der Waals surface area contributed by atoms with Crippen molar-refractivity contribution in [2.45, 2.75) is 18.6 Å². The summed E-state index contributed by atoms with van der Waals surface area (Å²) < 4.78 is 5.40. The molecule has 0 bridgehead atoms. The van der Waals surface area contributed by atoms with Crippen molar-refractivity contribution in [3.63, 3.8) is 0 Å². The van der Waals surface area contributed by atoms with Gasteiger partial charge < -0.3 is 10.5 Å². The van der Waals surface area contributed by atoms with Crippen LogP contribution in [0.5, 0.6) is 0 Å². The molecule has 6 nitrogen and oxygen atoms in total. The highest BCUT2D eigenvalue weighted by molar-refractivity contribution is 6.05. The van der Waals surface area contributed by atoms with Crippen LogP contribution in [0.2, 0.25) is 0 Å². The molecule has 2 aliphatic rings. The molecule has 0 spiro atoms. The van der Waals surface area contributed by atoms with Crippen molar-refractivity contribution in [1.82, 2.24) is 10.2 Å². The van der Waals surface area contributed by atoms with Gasteiger partial charge in [-0.2, -0.15) is 0 Å². The molecule has 2 heterocycles. The molecule has 0 saturated carbocycles. The summed E-state index contributed by atoms with van der Waals surface area (Å²) in [5, 5.41) is 2.31. The van der Waals surface area contributed by atoms with E-state index in [4.69, 9.17) is 10.5 Å². The Morgan fingerprint density at radius 1 is 1.53 bits per heavy atom. The molecule has 2 unspecified atom stereocenters. The molecule has 15 heavy (non-hydrogen) atoms. The molecule has 84 valence electrons. The summed E-state index contributed by atoms with van der Waals surface area (Å²) in [4.78, 5) is 24.4. The number of carbonyl (C=O) groups is 2. The van der Waals surface area contributed by atoms with Gasteiger partial charge in [0.2, 0.25) is 11.8 Å². The summed E-state index contributed by atoms with van der Waals surface area (Å²) >= 11 is 0. The Morgan fingerprint density at radius 3 is 2.93 bits per heavy atom. The van der Waals surface area contributed by atoms with Crippen LogP contribution in [0.25, 0.3) is 0 Å². The van der Waals surface area contributed by atoms with Crippen molar-refractivity contribution in [2.75, 3.05) is 26.2 Å². The third-order valence-electron chi connectivity index (χ3n) is 2.82. The first-order valence-corrected chi connectivity index (χ1v) is 5.10. The minimum atomic E-state index is -0.324. The molecule has 0 aromatic rings. The monoisotopic (exact) mass is 213 g/mol. The Balaban J connectivity index is 1.98. The molecule has 2 fully saturated rings. The first-order valence-electron chi connectivity index (χ1n) is 5.10. The number of rotatable bonds is 2. The molecule has 6 heteroatoms. The van der Waals surface area contributed by atoms with Gasteiger partial charge >= 0.3 is 0 Å². The molecule has 2 aliphatic heterocycles. The van der Waals surface area contributed by atoms with E-state index >= 15 is 0 Å². The van der Waals surface area contributed by atoms with Crippen LogP contribution in [0.3, 0.4) is 0 Å². The first kappa shape index (κ1) is 10.5. The lowest BCUT2D eigenvalue weighted by Gasteiger charge is -2.34. The van der Waals surface area contributed by atoms with Gasteiger partial charge in [0.1, 0.15) is 0 Å². The average molecular weight is 213 g/mol. The molecule has 0 aliphatic carbocycles. The smallest absolute Gasteiger partial charge is 0.244 e. The fourth-order valence-corrected chi connectivity index (χ4v) is 2.00. The van der Waals surface area contributed by atoms with Gasteiger partial charge in [-0.05, 0) is 0 Å². The highest BCUT2D eigenvalue weighted by atomic mass is 16.5. The standard InChI is InChI=1S/C9H15N3O3/c10-4-6-5-12(1-2-15-6)7-3-8(13)11-9(7)14/h6-7H,1-5,10H2,(H,11,13,14). The quantitative estimate of drug-likeness (QED) is 0.521. The summed E-state index contributed by atoms with van der Waals surface area (Å²) in [7, 11) is 0. The highest BCUT2D eigenvalue weighted by Crippen LogP contribution is 2.14. The number of hydrogen-bond acceptors (Lipinski definition) is 5. The van der Waals surface area contributed by atoms with Crippen LogP contribution >= 0.6 is 0 Å². The average Bonchev–Trinajstić information content (AvgIpc) is 2.58. The van der Waals surface area contributed by atoms with Gasteiger partial charge in [-0.3, -0.25) is 19.8 Å². The maximum Gasteiger partial charge on any atom is 0.244 e. The molecular formula is C9H15N3O3. The largest absolute Gasteiger partial charge is 0.374 e. The minimum absolute atomic E-state index is 0.0257. The highest BCUT2D eigenvalue weighted by Gasteiger charge is 2.37. The van der Waals surface area contributed by atoms with Crippen LogP contribution in [-0.2, 0) is 14.3 Å². The van der Waals surface area contributed by atoms with Gasteiger partial charge in [0.15, 0.2) is 0 Å². The Bertz CT molecular complexity index is 282. The van der Waals surface area contributed by atoms with E-state index in [9.17, 15) is 9.59 Å². The van der Waals surface area contributed by atoms with Gasteiger partial charge in [-0.25, -0.2) is 0 Å². The van der Waals surface area contributed by atoms with Crippen molar-refractivity contribution in [1.29, 1.82) is 0 Å².